The fourth-order valence-electron chi connectivity index (χ4n) is 0.543. The summed E-state index contributed by atoms with van der Waals surface area (Å²) in [5, 5.41) is 11.1. The van der Waals surface area contributed by atoms with E-state index in [2.05, 4.69) is 10.1 Å². The first kappa shape index (κ1) is 7.02. The zero-order valence-electron chi connectivity index (χ0n) is 5.03. The lowest BCUT2D eigenvalue weighted by Crippen LogP contribution is -1.90. The first-order valence-electron chi connectivity index (χ1n) is 2.62. The fourth-order valence-corrected chi connectivity index (χ4v) is 0.654. The minimum absolute atomic E-state index is 0.0492. The van der Waals surface area contributed by atoms with Gasteiger partial charge in [-0.05, 0) is 12.1 Å². The van der Waals surface area contributed by atoms with E-state index in [1.165, 1.54) is 6.20 Å². The molecule has 0 amide bonds. The van der Waals surface area contributed by atoms with Gasteiger partial charge < -0.3 is 5.21 Å². The van der Waals surface area contributed by atoms with Crippen LogP contribution in [0.25, 0.3) is 0 Å². The van der Waals surface area contributed by atoms with Gasteiger partial charge in [-0.2, -0.15) is 0 Å². The number of rotatable bonds is 1. The van der Waals surface area contributed by atoms with Crippen LogP contribution in [0.5, 0.6) is 0 Å². The van der Waals surface area contributed by atoms with Gasteiger partial charge in [-0.25, -0.2) is 0 Å². The Balaban J connectivity index is 2.96. The smallest absolute Gasteiger partial charge is 0.176 e. The predicted octanol–water partition coefficient (Wildman–Crippen LogP) is 1.46. The van der Waals surface area contributed by atoms with Gasteiger partial charge in [0.15, 0.2) is 5.17 Å². The van der Waals surface area contributed by atoms with Gasteiger partial charge in [0, 0.05) is 18.0 Å². The monoisotopic (exact) mass is 156 g/mol. The SMILES string of the molecule is O/N=C(/Cl)c1cccnc1. The standard InChI is InChI=1S/C6H5ClN2O/c7-6(9-10)5-2-1-3-8-4-5/h1-4,10H/b9-6+. The van der Waals surface area contributed by atoms with E-state index in [9.17, 15) is 0 Å². The summed E-state index contributed by atoms with van der Waals surface area (Å²) >= 11 is 5.45. The summed E-state index contributed by atoms with van der Waals surface area (Å²) in [6.07, 6.45) is 3.13. The Morgan fingerprint density at radius 2 is 2.50 bits per heavy atom. The van der Waals surface area contributed by atoms with Crippen LogP contribution in [0.1, 0.15) is 5.56 Å². The molecule has 0 aromatic carbocycles. The average Bonchev–Trinajstić information content (AvgIpc) is 2.05. The van der Waals surface area contributed by atoms with Crippen LogP contribution < -0.4 is 0 Å². The van der Waals surface area contributed by atoms with E-state index in [0.717, 1.165) is 0 Å². The first-order chi connectivity index (χ1) is 4.84. The van der Waals surface area contributed by atoms with Crippen molar-refractivity contribution in [1.82, 2.24) is 4.98 Å². The van der Waals surface area contributed by atoms with Crippen molar-refractivity contribution in [2.24, 2.45) is 5.16 Å². The van der Waals surface area contributed by atoms with Crippen LogP contribution in [0, 0.1) is 0 Å². The molecule has 0 aliphatic carbocycles. The van der Waals surface area contributed by atoms with Gasteiger partial charge >= 0.3 is 0 Å². The van der Waals surface area contributed by atoms with Crippen LogP contribution >= 0.6 is 11.6 Å². The molecule has 4 heteroatoms. The summed E-state index contributed by atoms with van der Waals surface area (Å²) in [7, 11) is 0. The molecule has 0 fully saturated rings. The highest BCUT2D eigenvalue weighted by atomic mass is 35.5. The average molecular weight is 157 g/mol. The van der Waals surface area contributed by atoms with Gasteiger partial charge in [-0.3, -0.25) is 4.98 Å². The molecule has 0 saturated carbocycles. The Kier molecular flexibility index (Phi) is 2.23. The molecule has 0 saturated heterocycles. The third-order valence-corrected chi connectivity index (χ3v) is 1.28. The Bertz CT molecular complexity index is 235. The fraction of sp³-hybridized carbons (Fsp3) is 0. The number of aromatic nitrogens is 1. The maximum absolute atomic E-state index is 8.22. The molecule has 0 atom stereocenters. The molecule has 0 aliphatic rings. The summed E-state index contributed by atoms with van der Waals surface area (Å²) in [5.74, 6) is 0. The van der Waals surface area contributed by atoms with E-state index in [1.807, 2.05) is 0 Å². The van der Waals surface area contributed by atoms with E-state index < -0.39 is 0 Å². The van der Waals surface area contributed by atoms with Crippen LogP contribution in [0.4, 0.5) is 0 Å². The lowest BCUT2D eigenvalue weighted by molar-refractivity contribution is 0.321. The van der Waals surface area contributed by atoms with Crippen molar-refractivity contribution >= 4 is 16.8 Å². The molecule has 0 bridgehead atoms. The minimum atomic E-state index is 0.0492. The normalized spacial score (nSPS) is 11.5. The number of halogens is 1. The van der Waals surface area contributed by atoms with Crippen molar-refractivity contribution in [3.63, 3.8) is 0 Å². The Morgan fingerprint density at radius 1 is 1.70 bits per heavy atom. The molecule has 0 radical (unpaired) electrons. The van der Waals surface area contributed by atoms with Crippen molar-refractivity contribution in [2.75, 3.05) is 0 Å². The molecule has 1 heterocycles. The molecule has 1 N–H and O–H groups in total. The number of pyridine rings is 1. The molecule has 0 spiro atoms. The van der Waals surface area contributed by atoms with Gasteiger partial charge in [0.1, 0.15) is 0 Å². The lowest BCUT2D eigenvalue weighted by atomic mass is 10.3. The third-order valence-electron chi connectivity index (χ3n) is 0.988. The van der Waals surface area contributed by atoms with Crippen molar-refractivity contribution in [3.8, 4) is 0 Å². The summed E-state index contributed by atoms with van der Waals surface area (Å²) in [6.45, 7) is 0. The van der Waals surface area contributed by atoms with Crippen LogP contribution in [-0.2, 0) is 0 Å². The quantitative estimate of drug-likeness (QED) is 0.380. The number of nitrogens with zero attached hydrogens (tertiary/aromatic N) is 2. The van der Waals surface area contributed by atoms with E-state index >= 15 is 0 Å². The highest BCUT2D eigenvalue weighted by Crippen LogP contribution is 2.01. The van der Waals surface area contributed by atoms with Crippen LogP contribution in [0.15, 0.2) is 29.7 Å². The van der Waals surface area contributed by atoms with Crippen molar-refractivity contribution in [2.45, 2.75) is 0 Å². The highest BCUT2D eigenvalue weighted by Gasteiger charge is 1.96. The van der Waals surface area contributed by atoms with Crippen LogP contribution in [-0.4, -0.2) is 15.4 Å². The highest BCUT2D eigenvalue weighted by molar-refractivity contribution is 6.69. The second-order valence-corrected chi connectivity index (χ2v) is 1.99. The topological polar surface area (TPSA) is 45.5 Å². The second-order valence-electron chi connectivity index (χ2n) is 1.63. The van der Waals surface area contributed by atoms with Gasteiger partial charge in [0.25, 0.3) is 0 Å². The minimum Gasteiger partial charge on any atom is -0.410 e. The van der Waals surface area contributed by atoms with Crippen molar-refractivity contribution < 1.29 is 5.21 Å². The second kappa shape index (κ2) is 3.17. The lowest BCUT2D eigenvalue weighted by Gasteiger charge is -1.91. The molecule has 1 aromatic heterocycles. The zero-order chi connectivity index (χ0) is 7.40. The summed E-state index contributed by atoms with van der Waals surface area (Å²) in [5.41, 5.74) is 0.603. The maximum atomic E-state index is 8.22. The Labute approximate surface area is 63.0 Å². The zero-order valence-corrected chi connectivity index (χ0v) is 5.78. The molecule has 1 aromatic rings. The number of oxime groups is 1. The van der Waals surface area contributed by atoms with Gasteiger partial charge in [-0.1, -0.05) is 16.8 Å². The van der Waals surface area contributed by atoms with Crippen molar-refractivity contribution in [3.05, 3.63) is 30.1 Å². The number of hydrogen-bond acceptors (Lipinski definition) is 3. The first-order valence-corrected chi connectivity index (χ1v) is 3.00. The molecule has 10 heavy (non-hydrogen) atoms. The summed E-state index contributed by atoms with van der Waals surface area (Å²) in [6, 6.07) is 3.41. The van der Waals surface area contributed by atoms with E-state index in [1.54, 1.807) is 18.3 Å². The van der Waals surface area contributed by atoms with Gasteiger partial charge in [-0.15, -0.1) is 0 Å². The maximum Gasteiger partial charge on any atom is 0.176 e. The van der Waals surface area contributed by atoms with E-state index in [0.29, 0.717) is 5.56 Å². The summed E-state index contributed by atoms with van der Waals surface area (Å²) in [4.78, 5) is 3.78. The van der Waals surface area contributed by atoms with E-state index in [-0.39, 0.29) is 5.17 Å². The number of hydrogen-bond donors (Lipinski definition) is 1. The van der Waals surface area contributed by atoms with E-state index in [4.69, 9.17) is 16.8 Å². The molecule has 0 unspecified atom stereocenters. The van der Waals surface area contributed by atoms with Crippen LogP contribution in [0.2, 0.25) is 0 Å². The van der Waals surface area contributed by atoms with Gasteiger partial charge in [0.05, 0.1) is 0 Å². The van der Waals surface area contributed by atoms with Crippen molar-refractivity contribution in [1.29, 1.82) is 0 Å². The summed E-state index contributed by atoms with van der Waals surface area (Å²) < 4.78 is 0. The predicted molar refractivity (Wildman–Crippen MR) is 38.4 cm³/mol. The largest absolute Gasteiger partial charge is 0.410 e. The molecule has 52 valence electrons. The molecule has 3 nitrogen and oxygen atoms in total. The third kappa shape index (κ3) is 1.45. The molecular formula is C6H5ClN2O. The van der Waals surface area contributed by atoms with Gasteiger partial charge in [0.2, 0.25) is 0 Å². The van der Waals surface area contributed by atoms with Crippen LogP contribution in [0.3, 0.4) is 0 Å². The molecule has 1 rings (SSSR count). The molecular weight excluding hydrogens is 152 g/mol. The Morgan fingerprint density at radius 3 is 3.00 bits per heavy atom. The molecule has 0 aliphatic heterocycles. The Hall–Kier alpha value is -1.09.